The van der Waals surface area contributed by atoms with Gasteiger partial charge in [0.05, 0.1) is 12.2 Å². The molecule has 0 aliphatic heterocycles. The Morgan fingerprint density at radius 1 is 1.25 bits per heavy atom. The van der Waals surface area contributed by atoms with Gasteiger partial charge < -0.3 is 5.32 Å². The van der Waals surface area contributed by atoms with Gasteiger partial charge in [-0.25, -0.2) is 8.78 Å². The Kier molecular flexibility index (Phi) is 4.49. The third-order valence-electron chi connectivity index (χ3n) is 3.48. The third kappa shape index (κ3) is 3.42. The van der Waals surface area contributed by atoms with E-state index >= 15 is 0 Å². The Balaban J connectivity index is 1.94. The van der Waals surface area contributed by atoms with Crippen LogP contribution in [0.2, 0.25) is 0 Å². The van der Waals surface area contributed by atoms with Crippen LogP contribution in [0.5, 0.6) is 0 Å². The van der Waals surface area contributed by atoms with E-state index in [-0.39, 0.29) is 12.1 Å². The van der Waals surface area contributed by atoms with E-state index in [1.165, 1.54) is 6.07 Å². The van der Waals surface area contributed by atoms with Gasteiger partial charge in [-0.3, -0.25) is 4.68 Å². The number of benzene rings is 1. The zero-order chi connectivity index (χ0) is 14.7. The van der Waals surface area contributed by atoms with E-state index in [9.17, 15) is 8.78 Å². The SMILES string of the molecule is Cc1cnn([C@@H](C)[C@@H](C)NCc2ccc(F)c(F)c2)c1. The van der Waals surface area contributed by atoms with E-state index in [1.807, 2.05) is 30.9 Å². The topological polar surface area (TPSA) is 29.9 Å². The van der Waals surface area contributed by atoms with Crippen molar-refractivity contribution in [1.82, 2.24) is 15.1 Å². The second-order valence-electron chi connectivity index (χ2n) is 5.16. The molecular weight excluding hydrogens is 260 g/mol. The van der Waals surface area contributed by atoms with Crippen LogP contribution in [0.3, 0.4) is 0 Å². The van der Waals surface area contributed by atoms with Crippen LogP contribution in [0, 0.1) is 18.6 Å². The van der Waals surface area contributed by atoms with Crippen molar-refractivity contribution >= 4 is 0 Å². The molecule has 0 saturated heterocycles. The molecule has 108 valence electrons. The monoisotopic (exact) mass is 279 g/mol. The van der Waals surface area contributed by atoms with Crippen molar-refractivity contribution in [3.63, 3.8) is 0 Å². The van der Waals surface area contributed by atoms with Gasteiger partial charge in [0.2, 0.25) is 0 Å². The van der Waals surface area contributed by atoms with E-state index in [1.54, 1.807) is 6.07 Å². The molecule has 2 atom stereocenters. The van der Waals surface area contributed by atoms with Crippen molar-refractivity contribution in [2.24, 2.45) is 0 Å². The molecule has 2 rings (SSSR count). The summed E-state index contributed by atoms with van der Waals surface area (Å²) in [4.78, 5) is 0. The van der Waals surface area contributed by atoms with Gasteiger partial charge in [0.1, 0.15) is 0 Å². The first-order valence-electron chi connectivity index (χ1n) is 6.65. The minimum absolute atomic E-state index is 0.155. The van der Waals surface area contributed by atoms with Crippen molar-refractivity contribution in [3.05, 3.63) is 53.4 Å². The van der Waals surface area contributed by atoms with Crippen LogP contribution in [0.4, 0.5) is 8.78 Å². The molecule has 0 fully saturated rings. The molecule has 0 amide bonds. The predicted octanol–water partition coefficient (Wildman–Crippen LogP) is 3.21. The zero-order valence-corrected chi connectivity index (χ0v) is 11.9. The molecule has 1 aromatic heterocycles. The maximum atomic E-state index is 13.1. The highest BCUT2D eigenvalue weighted by Crippen LogP contribution is 2.13. The van der Waals surface area contributed by atoms with Crippen LogP contribution in [-0.2, 0) is 6.54 Å². The summed E-state index contributed by atoms with van der Waals surface area (Å²) in [5.41, 5.74) is 1.84. The molecule has 0 spiro atoms. The number of nitrogens with zero attached hydrogens (tertiary/aromatic N) is 2. The molecule has 1 aromatic carbocycles. The summed E-state index contributed by atoms with van der Waals surface area (Å²) < 4.78 is 27.9. The van der Waals surface area contributed by atoms with Gasteiger partial charge in [0.25, 0.3) is 0 Å². The molecule has 0 saturated carbocycles. The van der Waals surface area contributed by atoms with Crippen molar-refractivity contribution in [2.45, 2.75) is 39.4 Å². The highest BCUT2D eigenvalue weighted by Gasteiger charge is 2.14. The Morgan fingerprint density at radius 2 is 2.00 bits per heavy atom. The number of hydrogen-bond donors (Lipinski definition) is 1. The lowest BCUT2D eigenvalue weighted by molar-refractivity contribution is 0.364. The summed E-state index contributed by atoms with van der Waals surface area (Å²) in [5, 5.41) is 7.59. The van der Waals surface area contributed by atoms with E-state index in [0.29, 0.717) is 6.54 Å². The number of hydrogen-bond acceptors (Lipinski definition) is 2. The summed E-state index contributed by atoms with van der Waals surface area (Å²) in [5.74, 6) is -1.63. The Bertz CT molecular complexity index is 580. The number of aryl methyl sites for hydroxylation is 1. The fourth-order valence-corrected chi connectivity index (χ4v) is 1.98. The minimum Gasteiger partial charge on any atom is -0.308 e. The lowest BCUT2D eigenvalue weighted by atomic mass is 10.1. The molecular formula is C15H19F2N3. The molecule has 3 nitrogen and oxygen atoms in total. The number of nitrogens with one attached hydrogen (secondary N) is 1. The maximum absolute atomic E-state index is 13.1. The van der Waals surface area contributed by atoms with Gasteiger partial charge in [-0.15, -0.1) is 0 Å². The highest BCUT2D eigenvalue weighted by molar-refractivity contribution is 5.17. The quantitative estimate of drug-likeness (QED) is 0.910. The van der Waals surface area contributed by atoms with Gasteiger partial charge in [0, 0.05) is 18.8 Å². The Morgan fingerprint density at radius 3 is 2.60 bits per heavy atom. The first-order chi connectivity index (χ1) is 9.47. The van der Waals surface area contributed by atoms with E-state index in [2.05, 4.69) is 17.3 Å². The van der Waals surface area contributed by atoms with Gasteiger partial charge in [-0.05, 0) is 44.0 Å². The first kappa shape index (κ1) is 14.7. The summed E-state index contributed by atoms with van der Waals surface area (Å²) in [6.07, 6.45) is 3.80. The molecule has 0 bridgehead atoms. The molecule has 2 aromatic rings. The van der Waals surface area contributed by atoms with Crippen LogP contribution in [0.15, 0.2) is 30.6 Å². The smallest absolute Gasteiger partial charge is 0.159 e. The van der Waals surface area contributed by atoms with E-state index in [4.69, 9.17) is 0 Å². The van der Waals surface area contributed by atoms with Gasteiger partial charge in [0.15, 0.2) is 11.6 Å². The minimum atomic E-state index is -0.817. The molecule has 0 aliphatic carbocycles. The van der Waals surface area contributed by atoms with Crippen LogP contribution in [-0.4, -0.2) is 15.8 Å². The van der Waals surface area contributed by atoms with E-state index < -0.39 is 11.6 Å². The first-order valence-corrected chi connectivity index (χ1v) is 6.65. The standard InChI is InChI=1S/C15H19F2N3/c1-10-7-19-20(9-10)12(3)11(2)18-8-13-4-5-14(16)15(17)6-13/h4-7,9,11-12,18H,8H2,1-3H3/t11-,12+/m1/s1. The van der Waals surface area contributed by atoms with E-state index in [0.717, 1.165) is 17.2 Å². The van der Waals surface area contributed by atoms with Crippen LogP contribution in [0.25, 0.3) is 0 Å². The number of rotatable bonds is 5. The van der Waals surface area contributed by atoms with Crippen molar-refractivity contribution in [1.29, 1.82) is 0 Å². The highest BCUT2D eigenvalue weighted by atomic mass is 19.2. The van der Waals surface area contributed by atoms with Crippen LogP contribution < -0.4 is 5.32 Å². The van der Waals surface area contributed by atoms with Gasteiger partial charge >= 0.3 is 0 Å². The Labute approximate surface area is 117 Å². The second kappa shape index (κ2) is 6.13. The molecule has 0 unspecified atom stereocenters. The average molecular weight is 279 g/mol. The summed E-state index contributed by atoms with van der Waals surface area (Å²) in [6, 6.07) is 4.28. The second-order valence-corrected chi connectivity index (χ2v) is 5.16. The number of aromatic nitrogens is 2. The third-order valence-corrected chi connectivity index (χ3v) is 3.48. The van der Waals surface area contributed by atoms with Crippen molar-refractivity contribution in [2.75, 3.05) is 0 Å². The molecule has 0 radical (unpaired) electrons. The molecule has 1 N–H and O–H groups in total. The lowest BCUT2D eigenvalue weighted by Gasteiger charge is -2.22. The molecule has 0 aliphatic rings. The largest absolute Gasteiger partial charge is 0.308 e. The maximum Gasteiger partial charge on any atom is 0.159 e. The molecule has 5 heteroatoms. The molecule has 1 heterocycles. The van der Waals surface area contributed by atoms with Gasteiger partial charge in [-0.1, -0.05) is 6.07 Å². The fourth-order valence-electron chi connectivity index (χ4n) is 1.98. The predicted molar refractivity (Wildman–Crippen MR) is 74.3 cm³/mol. The van der Waals surface area contributed by atoms with Crippen LogP contribution in [0.1, 0.15) is 31.0 Å². The summed E-state index contributed by atoms with van der Waals surface area (Å²) in [6.45, 7) is 6.59. The summed E-state index contributed by atoms with van der Waals surface area (Å²) >= 11 is 0. The fraction of sp³-hybridized carbons (Fsp3) is 0.400. The number of halogens is 2. The van der Waals surface area contributed by atoms with Crippen LogP contribution >= 0.6 is 0 Å². The normalized spacial score (nSPS) is 14.2. The average Bonchev–Trinajstić information content (AvgIpc) is 2.85. The summed E-state index contributed by atoms with van der Waals surface area (Å²) in [7, 11) is 0. The molecule has 20 heavy (non-hydrogen) atoms. The van der Waals surface area contributed by atoms with Crippen molar-refractivity contribution in [3.8, 4) is 0 Å². The van der Waals surface area contributed by atoms with Crippen molar-refractivity contribution < 1.29 is 8.78 Å². The zero-order valence-electron chi connectivity index (χ0n) is 11.9. The Hall–Kier alpha value is -1.75. The van der Waals surface area contributed by atoms with Gasteiger partial charge in [-0.2, -0.15) is 5.10 Å². The lowest BCUT2D eigenvalue weighted by Crippen LogP contribution is -2.33.